The Kier molecular flexibility index (Phi) is 15.0. The van der Waals surface area contributed by atoms with E-state index in [-0.39, 0.29) is 50.5 Å². The molecule has 0 spiro atoms. The third-order valence-corrected chi connectivity index (χ3v) is 4.68. The van der Waals surface area contributed by atoms with E-state index in [1.54, 1.807) is 12.1 Å². The highest BCUT2D eigenvalue weighted by Crippen LogP contribution is 2.23. The van der Waals surface area contributed by atoms with Crippen LogP contribution in [-0.2, 0) is 25.6 Å². The van der Waals surface area contributed by atoms with E-state index in [0.717, 1.165) is 6.54 Å². The minimum atomic E-state index is -1.39. The van der Waals surface area contributed by atoms with Crippen molar-refractivity contribution in [2.75, 3.05) is 67.3 Å². The Balaban J connectivity index is 2.69. The first kappa shape index (κ1) is 29.8. The topological polar surface area (TPSA) is 147 Å². The van der Waals surface area contributed by atoms with Gasteiger partial charge in [-0.3, -0.25) is 4.79 Å². The molecule has 4 N–H and O–H groups in total. The third kappa shape index (κ3) is 12.3. The lowest BCUT2D eigenvalue weighted by molar-refractivity contribution is -0.146. The molecule has 1 aromatic carbocycles. The molecule has 0 bridgehead atoms. The molecule has 0 heterocycles. The third-order valence-electron chi connectivity index (χ3n) is 4.68. The molecule has 11 nitrogen and oxygen atoms in total. The summed E-state index contributed by atoms with van der Waals surface area (Å²) in [6, 6.07) is 4.73. The predicted octanol–water partition coefficient (Wildman–Crippen LogP) is 0.123. The first-order chi connectivity index (χ1) is 16.3. The van der Waals surface area contributed by atoms with Gasteiger partial charge in [0.05, 0.1) is 44.7 Å². The number of aliphatic hydroxyl groups is 2. The van der Waals surface area contributed by atoms with Crippen LogP contribution in [0.4, 0.5) is 0 Å². The van der Waals surface area contributed by atoms with Crippen LogP contribution in [0.1, 0.15) is 28.8 Å². The Labute approximate surface area is 200 Å². The van der Waals surface area contributed by atoms with Crippen molar-refractivity contribution in [3.05, 3.63) is 29.3 Å². The van der Waals surface area contributed by atoms with Gasteiger partial charge >= 0.3 is 5.97 Å². The van der Waals surface area contributed by atoms with Crippen LogP contribution in [0.3, 0.4) is 0 Å². The maximum absolute atomic E-state index is 12.8. The Bertz CT molecular complexity index is 730. The van der Waals surface area contributed by atoms with Gasteiger partial charge in [0.25, 0.3) is 5.91 Å². The normalized spacial score (nSPS) is 13.0. The highest BCUT2D eigenvalue weighted by Gasteiger charge is 2.25. The molecule has 11 heteroatoms. The number of carboxylic acids is 1. The minimum Gasteiger partial charge on any atom is -0.479 e. The lowest BCUT2D eigenvalue weighted by Gasteiger charge is -2.20. The van der Waals surface area contributed by atoms with E-state index >= 15 is 0 Å². The van der Waals surface area contributed by atoms with Gasteiger partial charge in [-0.05, 0) is 38.2 Å². The summed E-state index contributed by atoms with van der Waals surface area (Å²) in [7, 11) is 5.45. The van der Waals surface area contributed by atoms with Gasteiger partial charge in [0.2, 0.25) is 0 Å². The van der Waals surface area contributed by atoms with E-state index in [1.807, 2.05) is 19.0 Å². The Morgan fingerprint density at radius 1 is 1.12 bits per heavy atom. The maximum Gasteiger partial charge on any atom is 0.344 e. The molecule has 0 saturated carbocycles. The highest BCUT2D eigenvalue weighted by molar-refractivity contribution is 5.97. The fraction of sp³-hybridized carbons (Fsp3) is 0.652. The number of aliphatic hydroxyl groups excluding tert-OH is 2. The molecule has 1 aromatic rings. The van der Waals surface area contributed by atoms with Crippen molar-refractivity contribution < 1.29 is 43.9 Å². The van der Waals surface area contributed by atoms with E-state index < -0.39 is 24.1 Å². The molecular weight excluding hydrogens is 448 g/mol. The second-order valence-electron chi connectivity index (χ2n) is 7.89. The Hall–Kier alpha value is -2.28. The zero-order valence-corrected chi connectivity index (χ0v) is 20.2. The highest BCUT2D eigenvalue weighted by atomic mass is 16.5. The number of likely N-dealkylation sites (N-methyl/N-ethyl adjacent to an activating group) is 1. The molecule has 0 aliphatic rings. The predicted molar refractivity (Wildman–Crippen MR) is 124 cm³/mol. The number of benzene rings is 1. The lowest BCUT2D eigenvalue weighted by Crippen LogP contribution is -2.33. The fourth-order valence-corrected chi connectivity index (χ4v) is 2.88. The van der Waals surface area contributed by atoms with Crippen LogP contribution in [0.15, 0.2) is 18.2 Å². The van der Waals surface area contributed by atoms with Gasteiger partial charge in [-0.2, -0.15) is 0 Å². The Morgan fingerprint density at radius 3 is 2.44 bits per heavy atom. The average molecular weight is 487 g/mol. The molecule has 2 atom stereocenters. The number of carboxylic acid groups (broad SMARTS) is 1. The molecule has 1 amide bonds. The number of aliphatic carboxylic acids is 1. The number of nitrogens with one attached hydrogen (secondary N) is 1. The number of nitrogens with zero attached hydrogens (tertiary/aromatic N) is 1. The number of ether oxygens (including phenoxy) is 4. The molecular formula is C23H38N2O9. The monoisotopic (exact) mass is 486 g/mol. The van der Waals surface area contributed by atoms with Gasteiger partial charge in [0.1, 0.15) is 5.75 Å². The van der Waals surface area contributed by atoms with Gasteiger partial charge in [-0.25, -0.2) is 4.79 Å². The molecule has 0 radical (unpaired) electrons. The van der Waals surface area contributed by atoms with Crippen LogP contribution in [0.5, 0.6) is 5.75 Å². The zero-order valence-electron chi connectivity index (χ0n) is 20.2. The quantitative estimate of drug-likeness (QED) is 0.199. The lowest BCUT2D eigenvalue weighted by atomic mass is 10.1. The Morgan fingerprint density at radius 2 is 1.82 bits per heavy atom. The summed E-state index contributed by atoms with van der Waals surface area (Å²) in [6.07, 6.45) is -2.66. The van der Waals surface area contributed by atoms with Gasteiger partial charge in [-0.15, -0.1) is 0 Å². The summed E-state index contributed by atoms with van der Waals surface area (Å²) in [5, 5.41) is 31.0. The van der Waals surface area contributed by atoms with E-state index in [0.29, 0.717) is 25.4 Å². The maximum atomic E-state index is 12.8. The van der Waals surface area contributed by atoms with Crippen LogP contribution in [-0.4, -0.2) is 112 Å². The summed E-state index contributed by atoms with van der Waals surface area (Å²) in [5.41, 5.74) is 0.850. The number of methoxy groups -OCH3 is 1. The minimum absolute atomic E-state index is 0.0218. The number of amides is 1. The van der Waals surface area contributed by atoms with E-state index in [4.69, 9.17) is 24.1 Å². The number of rotatable bonds is 19. The van der Waals surface area contributed by atoms with Crippen LogP contribution in [0.25, 0.3) is 0 Å². The summed E-state index contributed by atoms with van der Waals surface area (Å²) >= 11 is 0. The average Bonchev–Trinajstić information content (AvgIpc) is 2.78. The summed E-state index contributed by atoms with van der Waals surface area (Å²) in [4.78, 5) is 26.4. The molecule has 1 rings (SSSR count). The van der Waals surface area contributed by atoms with Crippen molar-refractivity contribution in [2.45, 2.75) is 31.7 Å². The standard InChI is InChI=1S/C23H38N2O9/c1-25(2)8-11-33-13-12-32-10-7-24-22(28)19-14-17(16-31-3)4-5-20(19)34-21(23(29)30)15-18(27)6-9-26/h4-5,14,18,21,26-27H,6-13,15-16H2,1-3H3,(H,24,28)(H,29,30). The number of hydrogen-bond donors (Lipinski definition) is 4. The van der Waals surface area contributed by atoms with Crippen molar-refractivity contribution in [1.82, 2.24) is 10.2 Å². The van der Waals surface area contributed by atoms with Crippen molar-refractivity contribution in [2.24, 2.45) is 0 Å². The second-order valence-corrected chi connectivity index (χ2v) is 7.89. The van der Waals surface area contributed by atoms with Crippen molar-refractivity contribution >= 4 is 11.9 Å². The second kappa shape index (κ2) is 17.2. The molecule has 0 aromatic heterocycles. The van der Waals surface area contributed by atoms with Crippen LogP contribution in [0.2, 0.25) is 0 Å². The van der Waals surface area contributed by atoms with E-state index in [9.17, 15) is 19.8 Å². The molecule has 0 aliphatic heterocycles. The smallest absolute Gasteiger partial charge is 0.344 e. The van der Waals surface area contributed by atoms with Crippen molar-refractivity contribution in [3.63, 3.8) is 0 Å². The molecule has 34 heavy (non-hydrogen) atoms. The molecule has 2 unspecified atom stereocenters. The first-order valence-corrected chi connectivity index (χ1v) is 11.2. The number of carbonyl (C=O) groups excluding carboxylic acids is 1. The summed E-state index contributed by atoms with van der Waals surface area (Å²) in [6.45, 7) is 2.79. The van der Waals surface area contributed by atoms with Crippen LogP contribution >= 0.6 is 0 Å². The van der Waals surface area contributed by atoms with Gasteiger partial charge in [0.15, 0.2) is 6.10 Å². The SMILES string of the molecule is COCc1ccc(OC(CC(O)CCO)C(=O)O)c(C(=O)NCCOCCOCCN(C)C)c1. The molecule has 0 aliphatic carbocycles. The van der Waals surface area contributed by atoms with E-state index in [2.05, 4.69) is 5.32 Å². The fourth-order valence-electron chi connectivity index (χ4n) is 2.88. The summed E-state index contributed by atoms with van der Waals surface area (Å²) in [5.74, 6) is -1.68. The number of hydrogen-bond acceptors (Lipinski definition) is 9. The zero-order chi connectivity index (χ0) is 25.3. The van der Waals surface area contributed by atoms with Crippen LogP contribution in [0, 0.1) is 0 Å². The van der Waals surface area contributed by atoms with Crippen molar-refractivity contribution in [3.8, 4) is 5.75 Å². The van der Waals surface area contributed by atoms with Gasteiger partial charge < -0.3 is 44.5 Å². The number of carbonyl (C=O) groups is 2. The largest absolute Gasteiger partial charge is 0.479 e. The van der Waals surface area contributed by atoms with Gasteiger partial charge in [0, 0.05) is 33.2 Å². The molecule has 194 valence electrons. The molecule has 0 fully saturated rings. The van der Waals surface area contributed by atoms with Crippen LogP contribution < -0.4 is 10.1 Å². The van der Waals surface area contributed by atoms with E-state index in [1.165, 1.54) is 13.2 Å². The van der Waals surface area contributed by atoms with Crippen molar-refractivity contribution in [1.29, 1.82) is 0 Å². The first-order valence-electron chi connectivity index (χ1n) is 11.2. The van der Waals surface area contributed by atoms with Gasteiger partial charge in [-0.1, -0.05) is 6.07 Å². The molecule has 0 saturated heterocycles. The summed E-state index contributed by atoms with van der Waals surface area (Å²) < 4.78 is 21.6.